The number of rotatable bonds is 6. The molecule has 0 aromatic rings. The number of aliphatic carboxylic acids is 1. The summed E-state index contributed by atoms with van der Waals surface area (Å²) in [5.41, 5.74) is 0. The molecule has 0 heterocycles. The van der Waals surface area contributed by atoms with Crippen molar-refractivity contribution in [2.75, 3.05) is 18.6 Å². The van der Waals surface area contributed by atoms with E-state index in [0.29, 0.717) is 0 Å². The second-order valence-corrected chi connectivity index (χ2v) is 5.76. The average molecular weight is 223 g/mol. The molecule has 2 atom stereocenters. The van der Waals surface area contributed by atoms with Crippen molar-refractivity contribution in [3.05, 3.63) is 0 Å². The minimum atomic E-state index is -2.98. The van der Waals surface area contributed by atoms with E-state index >= 15 is 0 Å². The fraction of sp³-hybridized carbons (Fsp3) is 0.875. The molecule has 0 fully saturated rings. The molecule has 0 bridgehead atoms. The second kappa shape index (κ2) is 5.31. The molecule has 0 aliphatic heterocycles. The highest BCUT2D eigenvalue weighted by molar-refractivity contribution is 7.90. The zero-order valence-electron chi connectivity index (χ0n) is 8.65. The number of carboxylic acids is 1. The normalized spacial score (nSPS) is 16.2. The van der Waals surface area contributed by atoms with Crippen molar-refractivity contribution in [1.82, 2.24) is 5.32 Å². The first-order valence-electron chi connectivity index (χ1n) is 4.38. The van der Waals surface area contributed by atoms with Crippen LogP contribution in [-0.2, 0) is 14.6 Å². The Morgan fingerprint density at radius 3 is 2.29 bits per heavy atom. The lowest BCUT2D eigenvalue weighted by Gasteiger charge is -2.17. The van der Waals surface area contributed by atoms with Crippen LogP contribution in [0.25, 0.3) is 0 Å². The molecule has 0 rings (SSSR count). The minimum absolute atomic E-state index is 0.0314. The Labute approximate surface area is 84.4 Å². The standard InChI is InChI=1S/C8H17NO4S/c1-6(8(10)11)7(2)9-4-5-14(3,12)13/h6-7,9H,4-5H2,1-3H3,(H,10,11). The van der Waals surface area contributed by atoms with E-state index in [1.807, 2.05) is 0 Å². The monoisotopic (exact) mass is 223 g/mol. The van der Waals surface area contributed by atoms with E-state index in [-0.39, 0.29) is 18.3 Å². The zero-order valence-corrected chi connectivity index (χ0v) is 9.47. The van der Waals surface area contributed by atoms with E-state index in [0.717, 1.165) is 6.26 Å². The first-order chi connectivity index (χ1) is 6.24. The van der Waals surface area contributed by atoms with E-state index in [9.17, 15) is 13.2 Å². The third-order valence-corrected chi connectivity index (χ3v) is 3.02. The van der Waals surface area contributed by atoms with E-state index in [4.69, 9.17) is 5.11 Å². The van der Waals surface area contributed by atoms with Gasteiger partial charge in [0.1, 0.15) is 9.84 Å². The number of carboxylic acid groups (broad SMARTS) is 1. The van der Waals surface area contributed by atoms with E-state index < -0.39 is 21.7 Å². The molecule has 0 aromatic carbocycles. The highest BCUT2D eigenvalue weighted by Crippen LogP contribution is 2.01. The van der Waals surface area contributed by atoms with Crippen molar-refractivity contribution >= 4 is 15.8 Å². The maximum absolute atomic E-state index is 10.8. The SMILES string of the molecule is CC(NCCS(C)(=O)=O)C(C)C(=O)O. The molecule has 2 N–H and O–H groups in total. The predicted molar refractivity (Wildman–Crippen MR) is 54.0 cm³/mol. The minimum Gasteiger partial charge on any atom is -0.481 e. The molecule has 6 heteroatoms. The van der Waals surface area contributed by atoms with Gasteiger partial charge in [-0.05, 0) is 6.92 Å². The molecule has 0 spiro atoms. The van der Waals surface area contributed by atoms with Crippen molar-refractivity contribution < 1.29 is 18.3 Å². The summed E-state index contributed by atoms with van der Waals surface area (Å²) in [5.74, 6) is -1.37. The summed E-state index contributed by atoms with van der Waals surface area (Å²) in [6.07, 6.45) is 1.15. The van der Waals surface area contributed by atoms with E-state index in [2.05, 4.69) is 5.32 Å². The maximum Gasteiger partial charge on any atom is 0.307 e. The summed E-state index contributed by atoms with van der Waals surface area (Å²) in [5, 5.41) is 11.5. The molecule has 14 heavy (non-hydrogen) atoms. The van der Waals surface area contributed by atoms with Crippen LogP contribution in [0.4, 0.5) is 0 Å². The number of nitrogens with one attached hydrogen (secondary N) is 1. The van der Waals surface area contributed by atoms with Crippen LogP contribution in [0, 0.1) is 5.92 Å². The first-order valence-corrected chi connectivity index (χ1v) is 6.44. The Balaban J connectivity index is 3.86. The van der Waals surface area contributed by atoms with Gasteiger partial charge >= 0.3 is 5.97 Å². The Morgan fingerprint density at radius 1 is 1.43 bits per heavy atom. The van der Waals surface area contributed by atoms with Gasteiger partial charge in [0.25, 0.3) is 0 Å². The molecule has 0 saturated heterocycles. The van der Waals surface area contributed by atoms with Crippen LogP contribution >= 0.6 is 0 Å². The molecule has 84 valence electrons. The van der Waals surface area contributed by atoms with Gasteiger partial charge in [0.2, 0.25) is 0 Å². The number of hydrogen-bond donors (Lipinski definition) is 2. The summed E-state index contributed by atoms with van der Waals surface area (Å²) in [4.78, 5) is 10.5. The van der Waals surface area contributed by atoms with Crippen LogP contribution in [0.15, 0.2) is 0 Å². The van der Waals surface area contributed by atoms with Gasteiger partial charge in [-0.25, -0.2) is 8.42 Å². The van der Waals surface area contributed by atoms with Gasteiger partial charge in [-0.1, -0.05) is 6.92 Å². The molecular weight excluding hydrogens is 206 g/mol. The molecule has 0 amide bonds. The molecule has 0 aliphatic rings. The first kappa shape index (κ1) is 13.4. The van der Waals surface area contributed by atoms with Crippen molar-refractivity contribution in [3.63, 3.8) is 0 Å². The van der Waals surface area contributed by atoms with Crippen molar-refractivity contribution in [3.8, 4) is 0 Å². The summed E-state index contributed by atoms with van der Waals surface area (Å²) in [7, 11) is -2.98. The summed E-state index contributed by atoms with van der Waals surface area (Å²) >= 11 is 0. The van der Waals surface area contributed by atoms with Gasteiger partial charge in [-0.15, -0.1) is 0 Å². The van der Waals surface area contributed by atoms with Crippen molar-refractivity contribution in [1.29, 1.82) is 0 Å². The molecule has 5 nitrogen and oxygen atoms in total. The number of sulfone groups is 1. The van der Waals surface area contributed by atoms with Crippen LogP contribution in [0.5, 0.6) is 0 Å². The van der Waals surface area contributed by atoms with Crippen molar-refractivity contribution in [2.45, 2.75) is 19.9 Å². The molecule has 0 saturated carbocycles. The van der Waals surface area contributed by atoms with E-state index in [1.165, 1.54) is 0 Å². The Bertz CT molecular complexity index is 286. The van der Waals surface area contributed by atoms with Gasteiger partial charge in [-0.2, -0.15) is 0 Å². The molecule has 0 aromatic heterocycles. The average Bonchev–Trinajstić information content (AvgIpc) is 2.00. The molecule has 0 radical (unpaired) electrons. The topological polar surface area (TPSA) is 83.5 Å². The fourth-order valence-corrected chi connectivity index (χ4v) is 1.35. The summed E-state index contributed by atoms with van der Waals surface area (Å²) in [6, 6.07) is -0.228. The van der Waals surface area contributed by atoms with Crippen LogP contribution in [0.1, 0.15) is 13.8 Å². The zero-order chi connectivity index (χ0) is 11.4. The van der Waals surface area contributed by atoms with Gasteiger partial charge in [0.05, 0.1) is 11.7 Å². The van der Waals surface area contributed by atoms with Gasteiger partial charge < -0.3 is 10.4 Å². The van der Waals surface area contributed by atoms with Crippen molar-refractivity contribution in [2.24, 2.45) is 5.92 Å². The van der Waals surface area contributed by atoms with Crippen LogP contribution in [0.2, 0.25) is 0 Å². The Hall–Kier alpha value is -0.620. The Kier molecular flexibility index (Phi) is 5.07. The van der Waals surface area contributed by atoms with Gasteiger partial charge in [-0.3, -0.25) is 4.79 Å². The summed E-state index contributed by atoms with van der Waals surface area (Å²) in [6.45, 7) is 3.60. The summed E-state index contributed by atoms with van der Waals surface area (Å²) < 4.78 is 21.5. The number of carbonyl (C=O) groups is 1. The van der Waals surface area contributed by atoms with Crippen LogP contribution in [-0.4, -0.2) is 44.1 Å². The lowest BCUT2D eigenvalue weighted by atomic mass is 10.0. The third-order valence-electron chi connectivity index (χ3n) is 2.08. The smallest absolute Gasteiger partial charge is 0.307 e. The van der Waals surface area contributed by atoms with Crippen LogP contribution in [0.3, 0.4) is 0 Å². The highest BCUT2D eigenvalue weighted by atomic mass is 32.2. The predicted octanol–water partition coefficient (Wildman–Crippen LogP) is -0.270. The second-order valence-electron chi connectivity index (χ2n) is 3.50. The molecular formula is C8H17NO4S. The number of hydrogen-bond acceptors (Lipinski definition) is 4. The largest absolute Gasteiger partial charge is 0.481 e. The van der Waals surface area contributed by atoms with Crippen LogP contribution < -0.4 is 5.32 Å². The lowest BCUT2D eigenvalue weighted by Crippen LogP contribution is -2.38. The van der Waals surface area contributed by atoms with Gasteiger partial charge in [0.15, 0.2) is 0 Å². The third kappa shape index (κ3) is 5.93. The quantitative estimate of drug-likeness (QED) is 0.647. The molecule has 0 aliphatic carbocycles. The maximum atomic E-state index is 10.8. The van der Waals surface area contributed by atoms with Gasteiger partial charge in [0, 0.05) is 18.8 Å². The fourth-order valence-electron chi connectivity index (χ4n) is 0.863. The highest BCUT2D eigenvalue weighted by Gasteiger charge is 2.18. The lowest BCUT2D eigenvalue weighted by molar-refractivity contribution is -0.141. The Morgan fingerprint density at radius 2 is 1.93 bits per heavy atom. The molecule has 2 unspecified atom stereocenters. The van der Waals surface area contributed by atoms with E-state index in [1.54, 1.807) is 13.8 Å².